The summed E-state index contributed by atoms with van der Waals surface area (Å²) in [4.78, 5) is 28.4. The highest BCUT2D eigenvalue weighted by molar-refractivity contribution is 8.18. The molecule has 0 saturated carbocycles. The highest BCUT2D eigenvalue weighted by Gasteiger charge is 2.24. The van der Waals surface area contributed by atoms with Gasteiger partial charge >= 0.3 is 5.97 Å². The summed E-state index contributed by atoms with van der Waals surface area (Å²) in [6, 6.07) is 12.8. The molecule has 1 aliphatic rings. The lowest BCUT2D eigenvalue weighted by Crippen LogP contribution is -2.19. The summed E-state index contributed by atoms with van der Waals surface area (Å²) in [5, 5.41) is 12.3. The molecule has 0 atom stereocenters. The predicted octanol–water partition coefficient (Wildman–Crippen LogP) is 4.71. The molecule has 6 heteroatoms. The Hall–Kier alpha value is -2.86. The zero-order valence-electron chi connectivity index (χ0n) is 15.3. The summed E-state index contributed by atoms with van der Waals surface area (Å²) >= 11 is 1.24. The average molecular weight is 380 g/mol. The topological polar surface area (TPSA) is 78.8 Å². The molecule has 0 aromatic heterocycles. The Bertz CT molecular complexity index is 960. The number of carbonyl (C=O) groups is 2. The molecule has 2 aromatic rings. The van der Waals surface area contributed by atoms with Crippen LogP contribution < -0.4 is 5.32 Å². The first-order valence-electron chi connectivity index (χ1n) is 8.57. The molecule has 0 unspecified atom stereocenters. The van der Waals surface area contributed by atoms with Gasteiger partial charge in [0.15, 0.2) is 5.17 Å². The molecule has 1 heterocycles. The smallest absolute Gasteiger partial charge is 0.335 e. The minimum atomic E-state index is -1.01. The Morgan fingerprint density at radius 1 is 1.19 bits per heavy atom. The van der Waals surface area contributed by atoms with E-state index in [0.29, 0.717) is 21.7 Å². The van der Waals surface area contributed by atoms with Crippen molar-refractivity contribution in [1.29, 1.82) is 0 Å². The molecule has 5 nitrogen and oxygen atoms in total. The van der Waals surface area contributed by atoms with Crippen LogP contribution in [0, 0.1) is 6.92 Å². The molecule has 2 aromatic carbocycles. The number of amidine groups is 1. The van der Waals surface area contributed by atoms with Crippen LogP contribution in [0.2, 0.25) is 0 Å². The quantitative estimate of drug-likeness (QED) is 0.753. The van der Waals surface area contributed by atoms with Gasteiger partial charge in [0.25, 0.3) is 5.91 Å². The number of benzene rings is 2. The number of aryl methyl sites for hydroxylation is 1. The number of aromatic carboxylic acids is 1. The van der Waals surface area contributed by atoms with E-state index < -0.39 is 5.97 Å². The average Bonchev–Trinajstić information content (AvgIpc) is 2.96. The van der Waals surface area contributed by atoms with Gasteiger partial charge in [-0.15, -0.1) is 0 Å². The molecule has 1 aliphatic heterocycles. The van der Waals surface area contributed by atoms with Crippen LogP contribution in [0.5, 0.6) is 0 Å². The number of carboxylic acids is 1. The van der Waals surface area contributed by atoms with Gasteiger partial charge in [-0.05, 0) is 59.5 Å². The number of nitrogens with zero attached hydrogens (tertiary/aromatic N) is 1. The summed E-state index contributed by atoms with van der Waals surface area (Å²) in [6.45, 7) is 6.12. The maximum absolute atomic E-state index is 12.2. The van der Waals surface area contributed by atoms with Crippen molar-refractivity contribution in [2.75, 3.05) is 0 Å². The first-order valence-corrected chi connectivity index (χ1v) is 9.38. The Morgan fingerprint density at radius 3 is 2.52 bits per heavy atom. The van der Waals surface area contributed by atoms with Gasteiger partial charge in [-0.2, -0.15) is 0 Å². The molecular formula is C21H20N2O3S. The molecule has 1 saturated heterocycles. The summed E-state index contributed by atoms with van der Waals surface area (Å²) in [5.74, 6) is -0.761. The largest absolute Gasteiger partial charge is 0.478 e. The van der Waals surface area contributed by atoms with Gasteiger partial charge in [0.2, 0.25) is 0 Å². The van der Waals surface area contributed by atoms with E-state index in [2.05, 4.69) is 36.3 Å². The summed E-state index contributed by atoms with van der Waals surface area (Å²) in [7, 11) is 0. The van der Waals surface area contributed by atoms with E-state index in [1.165, 1.54) is 29.5 Å². The van der Waals surface area contributed by atoms with Crippen molar-refractivity contribution in [1.82, 2.24) is 5.32 Å². The van der Waals surface area contributed by atoms with Crippen molar-refractivity contribution < 1.29 is 14.7 Å². The summed E-state index contributed by atoms with van der Waals surface area (Å²) in [6.07, 6.45) is 1.83. The minimum Gasteiger partial charge on any atom is -0.478 e. The molecule has 1 fully saturated rings. The molecule has 3 rings (SSSR count). The van der Waals surface area contributed by atoms with Crippen molar-refractivity contribution in [3.8, 4) is 0 Å². The van der Waals surface area contributed by atoms with Crippen molar-refractivity contribution in [2.24, 2.45) is 4.99 Å². The molecule has 0 spiro atoms. The molecule has 0 aliphatic carbocycles. The van der Waals surface area contributed by atoms with Gasteiger partial charge in [-0.3, -0.25) is 4.79 Å². The first kappa shape index (κ1) is 18.9. The van der Waals surface area contributed by atoms with Crippen LogP contribution in [0.1, 0.15) is 46.8 Å². The fourth-order valence-corrected chi connectivity index (χ4v) is 3.42. The number of carbonyl (C=O) groups excluding carboxylic acids is 1. The molecular weight excluding hydrogens is 360 g/mol. The molecule has 138 valence electrons. The predicted molar refractivity (Wildman–Crippen MR) is 109 cm³/mol. The fourth-order valence-electron chi connectivity index (χ4n) is 2.58. The number of nitrogens with one attached hydrogen (secondary N) is 1. The number of aliphatic imine (C=N–C) groups is 1. The van der Waals surface area contributed by atoms with Crippen LogP contribution in [-0.2, 0) is 4.79 Å². The second kappa shape index (κ2) is 7.80. The van der Waals surface area contributed by atoms with Gasteiger partial charge < -0.3 is 10.4 Å². The molecule has 2 N–H and O–H groups in total. The molecule has 1 amide bonds. The fraction of sp³-hybridized carbons (Fsp3) is 0.190. The van der Waals surface area contributed by atoms with E-state index in [-0.39, 0.29) is 11.5 Å². The van der Waals surface area contributed by atoms with Gasteiger partial charge in [0, 0.05) is 0 Å². The van der Waals surface area contributed by atoms with E-state index in [0.717, 1.165) is 11.1 Å². The van der Waals surface area contributed by atoms with E-state index in [1.54, 1.807) is 6.07 Å². The van der Waals surface area contributed by atoms with E-state index in [4.69, 9.17) is 5.11 Å². The van der Waals surface area contributed by atoms with E-state index in [1.807, 2.05) is 25.1 Å². The summed E-state index contributed by atoms with van der Waals surface area (Å²) < 4.78 is 0. The number of rotatable bonds is 4. The third-order valence-electron chi connectivity index (χ3n) is 4.23. The lowest BCUT2D eigenvalue weighted by molar-refractivity contribution is -0.115. The molecule has 0 bridgehead atoms. The number of carboxylic acid groups (broad SMARTS) is 1. The van der Waals surface area contributed by atoms with Crippen LogP contribution in [-0.4, -0.2) is 22.2 Å². The highest BCUT2D eigenvalue weighted by atomic mass is 32.2. The summed E-state index contributed by atoms with van der Waals surface area (Å²) in [5.41, 5.74) is 3.72. The number of amides is 1. The standard InChI is InChI=1S/C21H20N2O3S/c1-12(2)15-8-5-14(6-9-15)10-18-19(24)23-21(27-18)22-17-11-16(20(25)26)7-4-13(17)3/h4-12H,1-3H3,(H,25,26)(H,22,23,24)/b18-10-. The normalized spacial score (nSPS) is 17.0. The maximum Gasteiger partial charge on any atom is 0.335 e. The van der Waals surface area contributed by atoms with E-state index in [9.17, 15) is 9.59 Å². The van der Waals surface area contributed by atoms with Crippen LogP contribution in [0.15, 0.2) is 52.4 Å². The van der Waals surface area contributed by atoms with Crippen molar-refractivity contribution >= 4 is 40.6 Å². The van der Waals surface area contributed by atoms with Crippen LogP contribution in [0.3, 0.4) is 0 Å². The zero-order valence-corrected chi connectivity index (χ0v) is 16.1. The zero-order chi connectivity index (χ0) is 19.6. The SMILES string of the molecule is Cc1ccc(C(=O)O)cc1N=C1NC(=O)/C(=C/c2ccc(C(C)C)cc2)S1. The van der Waals surface area contributed by atoms with Gasteiger partial charge in [0.05, 0.1) is 16.2 Å². The second-order valence-corrected chi connectivity index (χ2v) is 7.64. The van der Waals surface area contributed by atoms with Crippen LogP contribution in [0.4, 0.5) is 5.69 Å². The first-order chi connectivity index (χ1) is 12.8. The van der Waals surface area contributed by atoms with Gasteiger partial charge in [0.1, 0.15) is 0 Å². The minimum absolute atomic E-state index is 0.162. The second-order valence-electron chi connectivity index (χ2n) is 6.61. The molecule has 0 radical (unpaired) electrons. The Morgan fingerprint density at radius 2 is 1.89 bits per heavy atom. The van der Waals surface area contributed by atoms with Crippen LogP contribution in [0.25, 0.3) is 6.08 Å². The number of thioether (sulfide) groups is 1. The third kappa shape index (κ3) is 4.46. The number of hydrogen-bond donors (Lipinski definition) is 2. The van der Waals surface area contributed by atoms with Crippen LogP contribution >= 0.6 is 11.8 Å². The molecule has 27 heavy (non-hydrogen) atoms. The Balaban J connectivity index is 1.84. The van der Waals surface area contributed by atoms with Crippen molar-refractivity contribution in [3.05, 3.63) is 69.6 Å². The van der Waals surface area contributed by atoms with Crippen molar-refractivity contribution in [3.63, 3.8) is 0 Å². The monoisotopic (exact) mass is 380 g/mol. The third-order valence-corrected chi connectivity index (χ3v) is 5.14. The van der Waals surface area contributed by atoms with Gasteiger partial charge in [-0.1, -0.05) is 44.2 Å². The Labute approximate surface area is 162 Å². The Kier molecular flexibility index (Phi) is 5.46. The highest BCUT2D eigenvalue weighted by Crippen LogP contribution is 2.30. The van der Waals surface area contributed by atoms with E-state index >= 15 is 0 Å². The lowest BCUT2D eigenvalue weighted by atomic mass is 10.0. The number of hydrogen-bond acceptors (Lipinski definition) is 4. The van der Waals surface area contributed by atoms with Crippen molar-refractivity contribution in [2.45, 2.75) is 26.7 Å². The maximum atomic E-state index is 12.2. The lowest BCUT2D eigenvalue weighted by Gasteiger charge is -2.04. The van der Waals surface area contributed by atoms with Gasteiger partial charge in [-0.25, -0.2) is 9.79 Å².